The maximum Gasteiger partial charge on any atom is 0.411 e. The molecule has 2 amide bonds. The first-order chi connectivity index (χ1) is 17.0. The van der Waals surface area contributed by atoms with Gasteiger partial charge in [0.2, 0.25) is 5.76 Å². The highest BCUT2D eigenvalue weighted by Gasteiger charge is 2.31. The van der Waals surface area contributed by atoms with Gasteiger partial charge in [0.1, 0.15) is 6.61 Å². The normalized spacial score (nSPS) is 16.9. The molecule has 2 aromatic carbocycles. The first-order valence-electron chi connectivity index (χ1n) is 11.3. The Morgan fingerprint density at radius 3 is 2.40 bits per heavy atom. The molecular weight excluding hydrogens is 452 g/mol. The van der Waals surface area contributed by atoms with Crippen LogP contribution in [-0.4, -0.2) is 60.4 Å². The number of ether oxygens (including phenoxy) is 2. The Morgan fingerprint density at radius 2 is 1.71 bits per heavy atom. The van der Waals surface area contributed by atoms with Gasteiger partial charge in [-0.25, -0.2) is 4.79 Å². The van der Waals surface area contributed by atoms with E-state index in [1.807, 2.05) is 36.4 Å². The minimum absolute atomic E-state index is 0.0468. The zero-order chi connectivity index (χ0) is 24.4. The van der Waals surface area contributed by atoms with Gasteiger partial charge >= 0.3 is 12.1 Å². The lowest BCUT2D eigenvalue weighted by atomic mass is 9.98. The molecule has 0 saturated carbocycles. The third-order valence-electron chi connectivity index (χ3n) is 6.27. The number of carbonyl (C=O) groups excluding carboxylic acids is 2. The van der Waals surface area contributed by atoms with E-state index >= 15 is 0 Å². The van der Waals surface area contributed by atoms with Gasteiger partial charge in [0.15, 0.2) is 0 Å². The Morgan fingerprint density at radius 1 is 1.03 bits per heavy atom. The van der Waals surface area contributed by atoms with E-state index in [1.54, 1.807) is 0 Å². The first kappa shape index (κ1) is 22.7. The lowest BCUT2D eigenvalue weighted by molar-refractivity contribution is -0.141. The molecule has 0 radical (unpaired) electrons. The molecule has 0 bridgehead atoms. The van der Waals surface area contributed by atoms with Gasteiger partial charge in [-0.05, 0) is 22.3 Å². The molecule has 1 fully saturated rings. The summed E-state index contributed by atoms with van der Waals surface area (Å²) >= 11 is 0. The van der Waals surface area contributed by atoms with Crippen LogP contribution < -0.4 is 5.32 Å². The largest absolute Gasteiger partial charge is 0.481 e. The number of nitrogens with zero attached hydrogens (tertiary/aromatic N) is 1. The molecular formula is C26H24N2O7. The van der Waals surface area contributed by atoms with Crippen molar-refractivity contribution in [1.82, 2.24) is 4.90 Å². The highest BCUT2D eigenvalue weighted by molar-refractivity contribution is 6.00. The van der Waals surface area contributed by atoms with Crippen molar-refractivity contribution in [2.24, 2.45) is 0 Å². The highest BCUT2D eigenvalue weighted by atomic mass is 16.5. The number of furan rings is 1. The van der Waals surface area contributed by atoms with E-state index in [0.717, 1.165) is 22.3 Å². The van der Waals surface area contributed by atoms with Gasteiger partial charge in [0.25, 0.3) is 5.91 Å². The minimum atomic E-state index is -1.00. The number of rotatable bonds is 6. The molecule has 180 valence electrons. The average Bonchev–Trinajstić information content (AvgIpc) is 3.44. The van der Waals surface area contributed by atoms with Crippen molar-refractivity contribution in [2.45, 2.75) is 18.4 Å². The molecule has 9 nitrogen and oxygen atoms in total. The summed E-state index contributed by atoms with van der Waals surface area (Å²) in [7, 11) is 0. The number of hydrogen-bond donors (Lipinski definition) is 2. The zero-order valence-electron chi connectivity index (χ0n) is 18.8. The molecule has 1 aliphatic carbocycles. The number of amides is 2. The van der Waals surface area contributed by atoms with E-state index in [9.17, 15) is 14.4 Å². The van der Waals surface area contributed by atoms with Crippen LogP contribution in [0.2, 0.25) is 0 Å². The lowest BCUT2D eigenvalue weighted by Gasteiger charge is -2.31. The number of carboxylic acid groups (broad SMARTS) is 1. The summed E-state index contributed by atoms with van der Waals surface area (Å²) in [4.78, 5) is 38.0. The van der Waals surface area contributed by atoms with Crippen molar-refractivity contribution in [3.8, 4) is 11.1 Å². The number of nitrogens with one attached hydrogen (secondary N) is 1. The van der Waals surface area contributed by atoms with Crippen LogP contribution in [0.25, 0.3) is 11.1 Å². The van der Waals surface area contributed by atoms with Crippen LogP contribution in [0, 0.1) is 0 Å². The predicted octanol–water partition coefficient (Wildman–Crippen LogP) is 3.96. The molecule has 2 N–H and O–H groups in total. The fourth-order valence-corrected chi connectivity index (χ4v) is 4.68. The van der Waals surface area contributed by atoms with Gasteiger partial charge in [-0.2, -0.15) is 0 Å². The standard InChI is InChI=1S/C26H24N2O7/c29-23(30)13-16-14-28(10-12-33-16)25(31)24-22(9-11-34-24)27-26(32)35-15-21-19-7-3-1-5-17(19)18-6-2-4-8-20(18)21/h1-9,11,16,21H,10,12-15H2,(H,27,32)(H,29,30). The van der Waals surface area contributed by atoms with Crippen LogP contribution in [0.4, 0.5) is 10.5 Å². The molecule has 1 saturated heterocycles. The molecule has 2 aliphatic rings. The zero-order valence-corrected chi connectivity index (χ0v) is 18.8. The maximum atomic E-state index is 13.0. The number of anilines is 1. The van der Waals surface area contributed by atoms with Crippen molar-refractivity contribution >= 4 is 23.7 Å². The summed E-state index contributed by atoms with van der Waals surface area (Å²) in [6.45, 7) is 0.775. The number of aliphatic carboxylic acids is 1. The molecule has 2 heterocycles. The number of carbonyl (C=O) groups is 3. The van der Waals surface area contributed by atoms with Crippen LogP contribution in [0.1, 0.15) is 34.0 Å². The molecule has 0 spiro atoms. The molecule has 35 heavy (non-hydrogen) atoms. The maximum absolute atomic E-state index is 13.0. The van der Waals surface area contributed by atoms with Gasteiger partial charge in [0, 0.05) is 25.1 Å². The number of hydrogen-bond acceptors (Lipinski definition) is 6. The Kier molecular flexibility index (Phi) is 6.24. The van der Waals surface area contributed by atoms with Crippen molar-refractivity contribution in [3.05, 3.63) is 77.7 Å². The van der Waals surface area contributed by atoms with Gasteiger partial charge in [-0.15, -0.1) is 0 Å². The highest BCUT2D eigenvalue weighted by Crippen LogP contribution is 2.44. The van der Waals surface area contributed by atoms with Crippen LogP contribution in [-0.2, 0) is 14.3 Å². The predicted molar refractivity (Wildman–Crippen MR) is 125 cm³/mol. The second-order valence-corrected chi connectivity index (χ2v) is 8.46. The van der Waals surface area contributed by atoms with Gasteiger partial charge < -0.3 is 23.9 Å². The Labute approximate surface area is 201 Å². The fourth-order valence-electron chi connectivity index (χ4n) is 4.68. The van der Waals surface area contributed by atoms with Crippen LogP contribution >= 0.6 is 0 Å². The molecule has 1 aromatic heterocycles. The average molecular weight is 476 g/mol. The summed E-state index contributed by atoms with van der Waals surface area (Å²) < 4.78 is 16.3. The van der Waals surface area contributed by atoms with Crippen LogP contribution in [0.3, 0.4) is 0 Å². The molecule has 9 heteroatoms. The molecule has 5 rings (SSSR count). The summed E-state index contributed by atoms with van der Waals surface area (Å²) in [6, 6.07) is 17.6. The van der Waals surface area contributed by atoms with E-state index in [0.29, 0.717) is 6.54 Å². The number of fused-ring (bicyclic) bond motifs is 3. The van der Waals surface area contributed by atoms with Crippen LogP contribution in [0.5, 0.6) is 0 Å². The Bertz CT molecular complexity index is 1220. The quantitative estimate of drug-likeness (QED) is 0.553. The minimum Gasteiger partial charge on any atom is -0.481 e. The second-order valence-electron chi connectivity index (χ2n) is 8.46. The van der Waals surface area contributed by atoms with E-state index in [-0.39, 0.29) is 43.5 Å². The topological polar surface area (TPSA) is 118 Å². The van der Waals surface area contributed by atoms with Gasteiger partial charge in [-0.3, -0.25) is 14.9 Å². The van der Waals surface area contributed by atoms with Crippen LogP contribution in [0.15, 0.2) is 65.3 Å². The Balaban J connectivity index is 1.23. The lowest BCUT2D eigenvalue weighted by Crippen LogP contribution is -2.46. The number of morpholine rings is 1. The smallest absolute Gasteiger partial charge is 0.411 e. The molecule has 1 unspecified atom stereocenters. The third kappa shape index (κ3) is 4.63. The molecule has 1 atom stereocenters. The second kappa shape index (κ2) is 9.63. The first-order valence-corrected chi connectivity index (χ1v) is 11.3. The van der Waals surface area contributed by atoms with Crippen molar-refractivity contribution < 1.29 is 33.4 Å². The van der Waals surface area contributed by atoms with E-state index in [4.69, 9.17) is 19.0 Å². The fraction of sp³-hybridized carbons (Fsp3) is 0.269. The monoisotopic (exact) mass is 476 g/mol. The van der Waals surface area contributed by atoms with Crippen molar-refractivity contribution in [3.63, 3.8) is 0 Å². The summed E-state index contributed by atoms with van der Waals surface area (Å²) in [6.07, 6.45) is -0.194. The van der Waals surface area contributed by atoms with E-state index in [1.165, 1.54) is 17.2 Å². The summed E-state index contributed by atoms with van der Waals surface area (Å²) in [5.74, 6) is -1.59. The molecule has 3 aromatic rings. The summed E-state index contributed by atoms with van der Waals surface area (Å²) in [5.41, 5.74) is 4.65. The third-order valence-corrected chi connectivity index (χ3v) is 6.27. The van der Waals surface area contributed by atoms with E-state index < -0.39 is 24.1 Å². The number of carboxylic acids is 1. The van der Waals surface area contributed by atoms with Gasteiger partial charge in [0.05, 0.1) is 31.1 Å². The van der Waals surface area contributed by atoms with E-state index in [2.05, 4.69) is 17.4 Å². The molecule has 1 aliphatic heterocycles. The van der Waals surface area contributed by atoms with Gasteiger partial charge in [-0.1, -0.05) is 48.5 Å². The SMILES string of the molecule is O=C(O)CC1CN(C(=O)c2occc2NC(=O)OCC2c3ccccc3-c3ccccc32)CCO1. The number of benzene rings is 2. The Hall–Kier alpha value is -4.11. The summed E-state index contributed by atoms with van der Waals surface area (Å²) in [5, 5.41) is 11.6. The van der Waals surface area contributed by atoms with Crippen molar-refractivity contribution in [2.75, 3.05) is 31.6 Å². The van der Waals surface area contributed by atoms with Crippen molar-refractivity contribution in [1.29, 1.82) is 0 Å².